The van der Waals surface area contributed by atoms with E-state index in [4.69, 9.17) is 14.2 Å². The Bertz CT molecular complexity index is 449. The molecule has 0 spiro atoms. The largest absolute Gasteiger partial charge is 0.496 e. The Morgan fingerprint density at radius 3 is 2.16 bits per heavy atom. The van der Waals surface area contributed by atoms with E-state index in [2.05, 4.69) is 21.2 Å². The van der Waals surface area contributed by atoms with Gasteiger partial charge < -0.3 is 19.5 Å². The zero-order valence-corrected chi connectivity index (χ0v) is 13.0. The lowest BCUT2D eigenvalue weighted by atomic mass is 10.1. The van der Waals surface area contributed by atoms with Gasteiger partial charge in [-0.2, -0.15) is 0 Å². The summed E-state index contributed by atoms with van der Waals surface area (Å²) in [6.07, 6.45) is 0. The van der Waals surface area contributed by atoms with Gasteiger partial charge in [0.1, 0.15) is 5.75 Å². The number of nitrogens with one attached hydrogen (secondary N) is 1. The number of rotatable bonds is 6. The van der Waals surface area contributed by atoms with E-state index in [1.807, 2.05) is 0 Å². The van der Waals surface area contributed by atoms with Crippen LogP contribution < -0.4 is 19.5 Å². The fourth-order valence-corrected chi connectivity index (χ4v) is 1.72. The highest BCUT2D eigenvalue weighted by molar-refractivity contribution is 9.10. The molecule has 1 N–H and O–H groups in total. The SMILES string of the molecule is COc1cc(OC)c(OC)cc1CNC(=O)C(C)Br. The van der Waals surface area contributed by atoms with E-state index < -0.39 is 0 Å². The van der Waals surface area contributed by atoms with E-state index in [0.29, 0.717) is 23.8 Å². The Kier molecular flexibility index (Phi) is 5.95. The first-order valence-corrected chi connectivity index (χ1v) is 6.65. The Hall–Kier alpha value is -1.43. The number of carbonyl (C=O) groups is 1. The fraction of sp³-hybridized carbons (Fsp3) is 0.462. The summed E-state index contributed by atoms with van der Waals surface area (Å²) in [5.74, 6) is 1.74. The van der Waals surface area contributed by atoms with E-state index in [1.165, 1.54) is 0 Å². The second-order valence-corrected chi connectivity index (χ2v) is 5.23. The Morgan fingerprint density at radius 1 is 1.16 bits per heavy atom. The molecule has 0 saturated heterocycles. The van der Waals surface area contributed by atoms with Crippen LogP contribution in [-0.4, -0.2) is 32.1 Å². The van der Waals surface area contributed by atoms with Gasteiger partial charge >= 0.3 is 0 Å². The van der Waals surface area contributed by atoms with Crippen LogP contribution in [0.15, 0.2) is 12.1 Å². The summed E-state index contributed by atoms with van der Waals surface area (Å²) in [7, 11) is 4.69. The summed E-state index contributed by atoms with van der Waals surface area (Å²) in [5.41, 5.74) is 0.821. The van der Waals surface area contributed by atoms with Crippen molar-refractivity contribution in [1.29, 1.82) is 0 Å². The van der Waals surface area contributed by atoms with E-state index >= 15 is 0 Å². The summed E-state index contributed by atoms with van der Waals surface area (Å²) < 4.78 is 15.7. The van der Waals surface area contributed by atoms with Gasteiger partial charge in [-0.25, -0.2) is 0 Å². The average Bonchev–Trinajstić information content (AvgIpc) is 2.43. The third-order valence-electron chi connectivity index (χ3n) is 2.60. The maximum atomic E-state index is 11.5. The number of alkyl halides is 1. The lowest BCUT2D eigenvalue weighted by Crippen LogP contribution is -2.28. The zero-order chi connectivity index (χ0) is 14.4. The Morgan fingerprint density at radius 2 is 1.68 bits per heavy atom. The van der Waals surface area contributed by atoms with Gasteiger partial charge in [0.05, 0.1) is 26.2 Å². The number of hydrogen-bond donors (Lipinski definition) is 1. The van der Waals surface area contributed by atoms with Crippen LogP contribution in [0.5, 0.6) is 17.2 Å². The van der Waals surface area contributed by atoms with Crippen molar-refractivity contribution < 1.29 is 19.0 Å². The van der Waals surface area contributed by atoms with Crippen molar-refractivity contribution >= 4 is 21.8 Å². The van der Waals surface area contributed by atoms with E-state index in [-0.39, 0.29) is 10.7 Å². The monoisotopic (exact) mass is 331 g/mol. The van der Waals surface area contributed by atoms with Crippen molar-refractivity contribution in [3.63, 3.8) is 0 Å². The molecular weight excluding hydrogens is 314 g/mol. The number of carbonyl (C=O) groups excluding carboxylic acids is 1. The highest BCUT2D eigenvalue weighted by Gasteiger charge is 2.14. The lowest BCUT2D eigenvalue weighted by Gasteiger charge is -2.15. The molecule has 19 heavy (non-hydrogen) atoms. The number of benzene rings is 1. The van der Waals surface area contributed by atoms with Crippen LogP contribution in [0.3, 0.4) is 0 Å². The Balaban J connectivity index is 2.95. The topological polar surface area (TPSA) is 56.8 Å². The number of halogens is 1. The molecule has 1 unspecified atom stereocenters. The average molecular weight is 332 g/mol. The van der Waals surface area contributed by atoms with Crippen LogP contribution in [0.4, 0.5) is 0 Å². The quantitative estimate of drug-likeness (QED) is 0.811. The van der Waals surface area contributed by atoms with Gasteiger partial charge in [-0.3, -0.25) is 4.79 Å². The van der Waals surface area contributed by atoms with E-state index in [1.54, 1.807) is 40.4 Å². The fourth-order valence-electron chi connectivity index (χ4n) is 1.55. The molecule has 0 bridgehead atoms. The van der Waals surface area contributed by atoms with Crippen molar-refractivity contribution in [2.24, 2.45) is 0 Å². The summed E-state index contributed by atoms with van der Waals surface area (Å²) in [4.78, 5) is 11.3. The van der Waals surface area contributed by atoms with Gasteiger partial charge in [0.15, 0.2) is 11.5 Å². The summed E-state index contributed by atoms with van der Waals surface area (Å²) in [6.45, 7) is 2.12. The standard InChI is InChI=1S/C13H18BrNO4/c1-8(14)13(16)15-7-9-5-11(18-3)12(19-4)6-10(9)17-2/h5-6,8H,7H2,1-4H3,(H,15,16). The van der Waals surface area contributed by atoms with Gasteiger partial charge in [0, 0.05) is 18.2 Å². The van der Waals surface area contributed by atoms with Crippen molar-refractivity contribution in [3.8, 4) is 17.2 Å². The molecule has 5 nitrogen and oxygen atoms in total. The molecule has 1 amide bonds. The van der Waals surface area contributed by atoms with Crippen molar-refractivity contribution in [2.45, 2.75) is 18.3 Å². The maximum absolute atomic E-state index is 11.5. The molecule has 0 saturated carbocycles. The molecule has 1 aromatic carbocycles. The van der Waals surface area contributed by atoms with Crippen LogP contribution in [0.25, 0.3) is 0 Å². The first-order valence-electron chi connectivity index (χ1n) is 5.74. The molecule has 106 valence electrons. The second-order valence-electron chi connectivity index (χ2n) is 3.85. The molecule has 0 aromatic heterocycles. The summed E-state index contributed by atoms with van der Waals surface area (Å²) in [6, 6.07) is 3.52. The molecular formula is C13H18BrNO4. The third kappa shape index (κ3) is 4.02. The highest BCUT2D eigenvalue weighted by Crippen LogP contribution is 2.34. The van der Waals surface area contributed by atoms with Crippen LogP contribution in [0.2, 0.25) is 0 Å². The van der Waals surface area contributed by atoms with Crippen molar-refractivity contribution in [3.05, 3.63) is 17.7 Å². The molecule has 0 aliphatic rings. The Labute approximate surface area is 121 Å². The highest BCUT2D eigenvalue weighted by atomic mass is 79.9. The minimum atomic E-state index is -0.237. The van der Waals surface area contributed by atoms with Crippen molar-refractivity contribution in [1.82, 2.24) is 5.32 Å². The minimum absolute atomic E-state index is 0.0863. The molecule has 0 fully saturated rings. The number of hydrogen-bond acceptors (Lipinski definition) is 4. The molecule has 1 atom stereocenters. The second kappa shape index (κ2) is 7.23. The van der Waals surface area contributed by atoms with Gasteiger partial charge in [-0.15, -0.1) is 0 Å². The number of amides is 1. The molecule has 1 rings (SSSR count). The summed E-state index contributed by atoms with van der Waals surface area (Å²) in [5, 5.41) is 2.80. The molecule has 6 heteroatoms. The first-order chi connectivity index (χ1) is 9.03. The normalized spacial score (nSPS) is 11.6. The smallest absolute Gasteiger partial charge is 0.233 e. The van der Waals surface area contributed by atoms with Crippen LogP contribution in [-0.2, 0) is 11.3 Å². The van der Waals surface area contributed by atoms with Crippen molar-refractivity contribution in [2.75, 3.05) is 21.3 Å². The predicted molar refractivity (Wildman–Crippen MR) is 76.3 cm³/mol. The molecule has 1 aromatic rings. The van der Waals surface area contributed by atoms with Gasteiger partial charge in [0.2, 0.25) is 5.91 Å². The van der Waals surface area contributed by atoms with Gasteiger partial charge in [-0.1, -0.05) is 15.9 Å². The predicted octanol–water partition coefficient (Wildman–Crippen LogP) is 2.11. The van der Waals surface area contributed by atoms with E-state index in [9.17, 15) is 4.79 Å². The maximum Gasteiger partial charge on any atom is 0.233 e. The summed E-state index contributed by atoms with van der Waals surface area (Å²) >= 11 is 3.21. The van der Waals surface area contributed by atoms with Crippen LogP contribution in [0, 0.1) is 0 Å². The molecule has 0 aliphatic carbocycles. The minimum Gasteiger partial charge on any atom is -0.496 e. The molecule has 0 radical (unpaired) electrons. The third-order valence-corrected chi connectivity index (χ3v) is 3.02. The number of ether oxygens (including phenoxy) is 3. The van der Waals surface area contributed by atoms with Crippen LogP contribution in [0.1, 0.15) is 12.5 Å². The van der Waals surface area contributed by atoms with Gasteiger partial charge in [0.25, 0.3) is 0 Å². The number of methoxy groups -OCH3 is 3. The first kappa shape index (κ1) is 15.6. The van der Waals surface area contributed by atoms with Gasteiger partial charge in [-0.05, 0) is 13.0 Å². The van der Waals surface area contributed by atoms with E-state index in [0.717, 1.165) is 5.56 Å². The molecule has 0 heterocycles. The van der Waals surface area contributed by atoms with Crippen LogP contribution >= 0.6 is 15.9 Å². The molecule has 0 aliphatic heterocycles. The lowest BCUT2D eigenvalue weighted by molar-refractivity contribution is -0.120. The zero-order valence-electron chi connectivity index (χ0n) is 11.5.